The van der Waals surface area contributed by atoms with Gasteiger partial charge in [0.1, 0.15) is 5.78 Å². The van der Waals surface area contributed by atoms with Crippen molar-refractivity contribution in [2.75, 3.05) is 0 Å². The molecule has 4 aliphatic carbocycles. The van der Waals surface area contributed by atoms with Crippen LogP contribution in [0.25, 0.3) is 0 Å². The maximum Gasteiger partial charge on any atom is 0.133 e. The summed E-state index contributed by atoms with van der Waals surface area (Å²) in [5.74, 6) is 4.26. The third kappa shape index (κ3) is 2.19. The van der Waals surface area contributed by atoms with Gasteiger partial charge in [-0.05, 0) is 99.2 Å². The lowest BCUT2D eigenvalue weighted by Gasteiger charge is -2.61. The number of fused-ring (bicyclic) bond motifs is 5. The van der Waals surface area contributed by atoms with Gasteiger partial charge in [-0.3, -0.25) is 4.79 Å². The molecule has 0 aromatic carbocycles. The largest absolute Gasteiger partial charge is 0.328 e. The minimum absolute atomic E-state index is 0.307. The van der Waals surface area contributed by atoms with E-state index in [1.165, 1.54) is 51.4 Å². The second kappa shape index (κ2) is 5.31. The van der Waals surface area contributed by atoms with Crippen molar-refractivity contribution in [1.82, 2.24) is 0 Å². The molecule has 1 unspecified atom stereocenters. The van der Waals surface area contributed by atoms with Crippen molar-refractivity contribution in [3.8, 4) is 0 Å². The van der Waals surface area contributed by atoms with E-state index in [0.717, 1.165) is 30.1 Å². The van der Waals surface area contributed by atoms with Crippen LogP contribution in [0.3, 0.4) is 0 Å². The van der Waals surface area contributed by atoms with Crippen LogP contribution in [0.15, 0.2) is 0 Å². The van der Waals surface area contributed by atoms with Crippen LogP contribution in [0, 0.1) is 40.4 Å². The van der Waals surface area contributed by atoms with Gasteiger partial charge in [-0.25, -0.2) is 0 Å². The van der Waals surface area contributed by atoms with E-state index < -0.39 is 0 Å². The van der Waals surface area contributed by atoms with Crippen molar-refractivity contribution in [2.24, 2.45) is 46.2 Å². The Hall–Kier alpha value is -0.370. The van der Waals surface area contributed by atoms with Gasteiger partial charge in [0.15, 0.2) is 0 Å². The van der Waals surface area contributed by atoms with Gasteiger partial charge in [-0.15, -0.1) is 0 Å². The molecule has 4 aliphatic rings. The van der Waals surface area contributed by atoms with E-state index in [4.69, 9.17) is 5.73 Å². The predicted octanol–water partition coefficient (Wildman–Crippen LogP) is 4.56. The van der Waals surface area contributed by atoms with Gasteiger partial charge in [-0.1, -0.05) is 13.8 Å². The lowest BCUT2D eigenvalue weighted by molar-refractivity contribution is -0.134. The molecule has 0 saturated heterocycles. The first-order valence-electron chi connectivity index (χ1n) is 10.1. The van der Waals surface area contributed by atoms with Crippen molar-refractivity contribution >= 4 is 5.78 Å². The minimum atomic E-state index is 0.307. The average Bonchev–Trinajstić information content (AvgIpc) is 2.85. The quantitative estimate of drug-likeness (QED) is 0.770. The van der Waals surface area contributed by atoms with Crippen LogP contribution in [0.1, 0.15) is 78.6 Å². The number of hydrogen-bond donors (Lipinski definition) is 1. The highest BCUT2D eigenvalue weighted by Gasteiger charge is 2.60. The molecule has 2 nitrogen and oxygen atoms in total. The van der Waals surface area contributed by atoms with Gasteiger partial charge in [-0.2, -0.15) is 0 Å². The van der Waals surface area contributed by atoms with Crippen molar-refractivity contribution in [2.45, 2.75) is 84.6 Å². The zero-order valence-corrected chi connectivity index (χ0v) is 15.3. The van der Waals surface area contributed by atoms with Crippen LogP contribution in [0.4, 0.5) is 0 Å². The molecule has 8 atom stereocenters. The molecule has 130 valence electrons. The molecule has 0 heterocycles. The van der Waals surface area contributed by atoms with Crippen molar-refractivity contribution in [3.63, 3.8) is 0 Å². The van der Waals surface area contributed by atoms with Gasteiger partial charge < -0.3 is 5.73 Å². The molecule has 2 N–H and O–H groups in total. The van der Waals surface area contributed by atoms with Crippen molar-refractivity contribution in [3.05, 3.63) is 0 Å². The Balaban J connectivity index is 1.61. The zero-order chi connectivity index (χ0) is 16.4. The molecule has 0 amide bonds. The fourth-order valence-corrected chi connectivity index (χ4v) is 7.96. The first-order valence-corrected chi connectivity index (χ1v) is 10.1. The second-order valence-corrected chi connectivity index (χ2v) is 9.98. The Labute approximate surface area is 142 Å². The number of Topliss-reactive ketones (excluding diaryl/α,β-unsaturated/α-hetero) is 1. The molecule has 4 rings (SSSR count). The highest BCUT2D eigenvalue weighted by molar-refractivity contribution is 5.79. The number of nitrogens with two attached hydrogens (primary N) is 1. The molecule has 0 aromatic heterocycles. The highest BCUT2D eigenvalue weighted by atomic mass is 16.1. The second-order valence-electron chi connectivity index (χ2n) is 9.98. The summed E-state index contributed by atoms with van der Waals surface area (Å²) in [4.78, 5) is 12.2. The summed E-state index contributed by atoms with van der Waals surface area (Å²) in [6.07, 6.45) is 11.8. The Morgan fingerprint density at radius 2 is 1.61 bits per heavy atom. The van der Waals surface area contributed by atoms with Gasteiger partial charge in [0, 0.05) is 12.0 Å². The first kappa shape index (κ1) is 16.1. The average molecular weight is 318 g/mol. The highest BCUT2D eigenvalue weighted by Crippen LogP contribution is 2.67. The van der Waals surface area contributed by atoms with Crippen LogP contribution in [-0.2, 0) is 4.79 Å². The minimum Gasteiger partial charge on any atom is -0.328 e. The summed E-state index contributed by atoms with van der Waals surface area (Å²) in [7, 11) is 0. The van der Waals surface area contributed by atoms with Gasteiger partial charge in [0.2, 0.25) is 0 Å². The Morgan fingerprint density at radius 1 is 0.913 bits per heavy atom. The molecule has 23 heavy (non-hydrogen) atoms. The molecule has 0 bridgehead atoms. The summed E-state index contributed by atoms with van der Waals surface area (Å²) < 4.78 is 0. The fraction of sp³-hybridized carbons (Fsp3) is 0.952. The molecule has 4 saturated carbocycles. The Morgan fingerprint density at radius 3 is 2.35 bits per heavy atom. The van der Waals surface area contributed by atoms with Crippen LogP contribution < -0.4 is 5.73 Å². The summed E-state index contributed by atoms with van der Waals surface area (Å²) in [6, 6.07) is 0.451. The molecular formula is C21H35NO. The third-order valence-electron chi connectivity index (χ3n) is 9.20. The van der Waals surface area contributed by atoms with E-state index >= 15 is 0 Å². The van der Waals surface area contributed by atoms with Crippen molar-refractivity contribution in [1.29, 1.82) is 0 Å². The lowest BCUT2D eigenvalue weighted by Crippen LogP contribution is -2.54. The normalized spacial score (nSPS) is 55.7. The molecule has 0 radical (unpaired) electrons. The standard InChI is InChI=1S/C21H35NO/c1-13(23)17-6-7-18-16-5-4-14-12-15(22)8-10-20(14,2)19(16)9-11-21(17,18)3/h14-19H,4-12,22H2,1-3H3/t14-,15?,16-,17+,18-,19-,20-,21+/m0/s1. The van der Waals surface area contributed by atoms with E-state index in [2.05, 4.69) is 13.8 Å². The van der Waals surface area contributed by atoms with Crippen LogP contribution in [-0.4, -0.2) is 11.8 Å². The molecule has 0 spiro atoms. The Bertz CT molecular complexity index is 502. The van der Waals surface area contributed by atoms with Gasteiger partial charge >= 0.3 is 0 Å². The first-order chi connectivity index (χ1) is 10.9. The van der Waals surface area contributed by atoms with Crippen LogP contribution >= 0.6 is 0 Å². The summed E-state index contributed by atoms with van der Waals surface area (Å²) in [5.41, 5.74) is 7.13. The van der Waals surface area contributed by atoms with Gasteiger partial charge in [0.25, 0.3) is 0 Å². The molecule has 2 heteroatoms. The van der Waals surface area contributed by atoms with E-state index in [-0.39, 0.29) is 0 Å². The predicted molar refractivity (Wildman–Crippen MR) is 93.9 cm³/mol. The zero-order valence-electron chi connectivity index (χ0n) is 15.3. The number of ketones is 1. The number of rotatable bonds is 1. The molecule has 0 aliphatic heterocycles. The summed E-state index contributed by atoms with van der Waals surface area (Å²) >= 11 is 0. The maximum absolute atomic E-state index is 12.2. The van der Waals surface area contributed by atoms with Gasteiger partial charge in [0.05, 0.1) is 0 Å². The molecular weight excluding hydrogens is 282 g/mol. The number of carbonyl (C=O) groups is 1. The molecule has 4 fully saturated rings. The smallest absolute Gasteiger partial charge is 0.133 e. The van der Waals surface area contributed by atoms with E-state index in [1.54, 1.807) is 0 Å². The summed E-state index contributed by atoms with van der Waals surface area (Å²) in [5, 5.41) is 0. The Kier molecular flexibility index (Phi) is 3.72. The third-order valence-corrected chi connectivity index (χ3v) is 9.20. The molecule has 0 aromatic rings. The topological polar surface area (TPSA) is 43.1 Å². The van der Waals surface area contributed by atoms with E-state index in [1.807, 2.05) is 6.92 Å². The fourth-order valence-electron chi connectivity index (χ4n) is 7.96. The SMILES string of the molecule is CC(=O)[C@H]1CC[C@H]2[C@@H]3CC[C@H]4CC(N)CC[C@]4(C)[C@H]3CC[C@]12C. The van der Waals surface area contributed by atoms with E-state index in [0.29, 0.717) is 28.6 Å². The van der Waals surface area contributed by atoms with Crippen LogP contribution in [0.2, 0.25) is 0 Å². The lowest BCUT2D eigenvalue weighted by atomic mass is 9.44. The number of hydrogen-bond acceptors (Lipinski definition) is 2. The van der Waals surface area contributed by atoms with Crippen LogP contribution in [0.5, 0.6) is 0 Å². The number of carbonyl (C=O) groups excluding carboxylic acids is 1. The monoisotopic (exact) mass is 317 g/mol. The maximum atomic E-state index is 12.2. The van der Waals surface area contributed by atoms with Crippen molar-refractivity contribution < 1.29 is 4.79 Å². The van der Waals surface area contributed by atoms with E-state index in [9.17, 15) is 4.79 Å². The summed E-state index contributed by atoms with van der Waals surface area (Å²) in [6.45, 7) is 6.89.